The van der Waals surface area contributed by atoms with Crippen molar-refractivity contribution in [1.82, 2.24) is 0 Å². The van der Waals surface area contributed by atoms with Gasteiger partial charge in [-0.1, -0.05) is 324 Å². The van der Waals surface area contributed by atoms with E-state index in [0.717, 1.165) is 69.6 Å². The molecule has 0 aliphatic rings. The van der Waals surface area contributed by atoms with Gasteiger partial charge >= 0.3 is 17.9 Å². The second-order valence-corrected chi connectivity index (χ2v) is 23.0. The third kappa shape index (κ3) is 57.3. The molecule has 0 radical (unpaired) electrons. The molecular formula is C64H124O6. The fourth-order valence-corrected chi connectivity index (χ4v) is 9.93. The number of esters is 3. The molecule has 70 heavy (non-hydrogen) atoms. The fourth-order valence-electron chi connectivity index (χ4n) is 9.93. The summed E-state index contributed by atoms with van der Waals surface area (Å²) in [6.07, 6.45) is 62.5. The van der Waals surface area contributed by atoms with Crippen molar-refractivity contribution in [3.05, 3.63) is 0 Å². The lowest BCUT2D eigenvalue weighted by molar-refractivity contribution is -0.167. The van der Waals surface area contributed by atoms with E-state index in [1.54, 1.807) is 0 Å². The van der Waals surface area contributed by atoms with Gasteiger partial charge in [0.2, 0.25) is 0 Å². The predicted molar refractivity (Wildman–Crippen MR) is 303 cm³/mol. The Labute approximate surface area is 438 Å². The Bertz CT molecular complexity index is 1070. The van der Waals surface area contributed by atoms with Gasteiger partial charge in [0.1, 0.15) is 13.2 Å². The van der Waals surface area contributed by atoms with E-state index in [4.69, 9.17) is 14.2 Å². The minimum absolute atomic E-state index is 0.0618. The van der Waals surface area contributed by atoms with Gasteiger partial charge < -0.3 is 14.2 Å². The second-order valence-electron chi connectivity index (χ2n) is 23.0. The highest BCUT2D eigenvalue weighted by Gasteiger charge is 2.19. The van der Waals surface area contributed by atoms with Crippen molar-refractivity contribution >= 4 is 17.9 Å². The minimum Gasteiger partial charge on any atom is -0.462 e. The van der Waals surface area contributed by atoms with Crippen molar-refractivity contribution in [2.24, 2.45) is 11.8 Å². The van der Waals surface area contributed by atoms with Gasteiger partial charge in [0, 0.05) is 19.3 Å². The maximum atomic E-state index is 12.9. The van der Waals surface area contributed by atoms with Crippen LogP contribution >= 0.6 is 0 Å². The Balaban J connectivity index is 4.25. The molecule has 6 nitrogen and oxygen atoms in total. The standard InChI is InChI=1S/C64H124O6/c1-6-7-8-9-10-11-12-22-29-34-39-44-49-54-62(65)68-57-61(70-64(67)56-51-46-41-36-31-26-21-17-19-24-28-33-38-43-48-53-60(4)5)58-69-63(66)55-50-45-40-35-30-25-20-16-14-13-15-18-23-27-32-37-42-47-52-59(2)3/h59-61H,6-58H2,1-5H3/t61-/m0/s1. The van der Waals surface area contributed by atoms with E-state index in [0.29, 0.717) is 19.3 Å². The van der Waals surface area contributed by atoms with Crippen molar-refractivity contribution in [1.29, 1.82) is 0 Å². The lowest BCUT2D eigenvalue weighted by Crippen LogP contribution is -2.30. The van der Waals surface area contributed by atoms with Gasteiger partial charge in [-0.05, 0) is 31.1 Å². The topological polar surface area (TPSA) is 78.9 Å². The zero-order valence-electron chi connectivity index (χ0n) is 48.2. The first-order chi connectivity index (χ1) is 34.2. The van der Waals surface area contributed by atoms with Gasteiger partial charge in [0.15, 0.2) is 6.10 Å². The molecule has 0 heterocycles. The lowest BCUT2D eigenvalue weighted by Gasteiger charge is -2.18. The van der Waals surface area contributed by atoms with Crippen LogP contribution in [0.3, 0.4) is 0 Å². The molecule has 0 spiro atoms. The first-order valence-corrected chi connectivity index (χ1v) is 31.7. The van der Waals surface area contributed by atoms with Crippen LogP contribution in [0, 0.1) is 11.8 Å². The Morgan fingerprint density at radius 3 is 0.700 bits per heavy atom. The first kappa shape index (κ1) is 68.4. The SMILES string of the molecule is CCCCCCCCCCCCCCCC(=O)OC[C@@H](COC(=O)CCCCCCCCCCCCCCCCCCCCC(C)C)OC(=O)CCCCCCCCCCCCCCCCCC(C)C. The summed E-state index contributed by atoms with van der Waals surface area (Å²) in [6, 6.07) is 0. The van der Waals surface area contributed by atoms with Crippen LogP contribution in [0.15, 0.2) is 0 Å². The van der Waals surface area contributed by atoms with Gasteiger partial charge in [-0.15, -0.1) is 0 Å². The molecule has 0 aliphatic heterocycles. The Morgan fingerprint density at radius 2 is 0.471 bits per heavy atom. The Kier molecular flexibility index (Phi) is 55.4. The van der Waals surface area contributed by atoms with Crippen LogP contribution in [-0.2, 0) is 28.6 Å². The van der Waals surface area contributed by atoms with Crippen molar-refractivity contribution in [2.45, 2.75) is 368 Å². The number of hydrogen-bond acceptors (Lipinski definition) is 6. The van der Waals surface area contributed by atoms with E-state index in [9.17, 15) is 14.4 Å². The average molecular weight is 990 g/mol. The number of hydrogen-bond donors (Lipinski definition) is 0. The maximum absolute atomic E-state index is 12.9. The molecule has 1 atom stereocenters. The van der Waals surface area contributed by atoms with Crippen LogP contribution in [-0.4, -0.2) is 37.2 Å². The van der Waals surface area contributed by atoms with E-state index in [2.05, 4.69) is 34.6 Å². The Hall–Kier alpha value is -1.59. The van der Waals surface area contributed by atoms with Gasteiger partial charge in [-0.2, -0.15) is 0 Å². The minimum atomic E-state index is -0.763. The van der Waals surface area contributed by atoms with Crippen LogP contribution in [0.25, 0.3) is 0 Å². The lowest BCUT2D eigenvalue weighted by atomic mass is 10.0. The summed E-state index contributed by atoms with van der Waals surface area (Å²) in [7, 11) is 0. The number of unbranched alkanes of at least 4 members (excludes halogenated alkanes) is 43. The van der Waals surface area contributed by atoms with E-state index in [1.807, 2.05) is 0 Å². The molecule has 0 amide bonds. The van der Waals surface area contributed by atoms with Crippen molar-refractivity contribution in [3.8, 4) is 0 Å². The number of rotatable bonds is 58. The summed E-state index contributed by atoms with van der Waals surface area (Å²) >= 11 is 0. The Morgan fingerprint density at radius 1 is 0.271 bits per heavy atom. The molecule has 0 aromatic rings. The predicted octanol–water partition coefficient (Wildman–Crippen LogP) is 21.2. The van der Waals surface area contributed by atoms with Crippen LogP contribution in [0.5, 0.6) is 0 Å². The summed E-state index contributed by atoms with van der Waals surface area (Å²) in [4.78, 5) is 38.3. The van der Waals surface area contributed by atoms with E-state index < -0.39 is 6.10 Å². The third-order valence-corrected chi connectivity index (χ3v) is 14.7. The van der Waals surface area contributed by atoms with Crippen LogP contribution < -0.4 is 0 Å². The third-order valence-electron chi connectivity index (χ3n) is 14.7. The summed E-state index contributed by atoms with van der Waals surface area (Å²) in [5.74, 6) is 0.875. The zero-order valence-corrected chi connectivity index (χ0v) is 48.2. The van der Waals surface area contributed by atoms with Crippen molar-refractivity contribution in [2.75, 3.05) is 13.2 Å². The molecular weight excluding hydrogens is 865 g/mol. The molecule has 0 N–H and O–H groups in total. The van der Waals surface area contributed by atoms with Crippen molar-refractivity contribution in [3.63, 3.8) is 0 Å². The largest absolute Gasteiger partial charge is 0.462 e. The van der Waals surface area contributed by atoms with Gasteiger partial charge in [0.05, 0.1) is 0 Å². The van der Waals surface area contributed by atoms with Gasteiger partial charge in [0.25, 0.3) is 0 Å². The van der Waals surface area contributed by atoms with Crippen molar-refractivity contribution < 1.29 is 28.6 Å². The molecule has 0 aliphatic carbocycles. The van der Waals surface area contributed by atoms with Crippen LogP contribution in [0.1, 0.15) is 362 Å². The van der Waals surface area contributed by atoms with E-state index >= 15 is 0 Å². The van der Waals surface area contributed by atoms with Gasteiger partial charge in [-0.25, -0.2) is 0 Å². The highest BCUT2D eigenvalue weighted by Crippen LogP contribution is 2.19. The first-order valence-electron chi connectivity index (χ1n) is 31.7. The van der Waals surface area contributed by atoms with Crippen LogP contribution in [0.2, 0.25) is 0 Å². The number of carbonyl (C=O) groups excluding carboxylic acids is 3. The smallest absolute Gasteiger partial charge is 0.306 e. The number of carbonyl (C=O) groups is 3. The molecule has 0 rings (SSSR count). The summed E-state index contributed by atoms with van der Waals surface area (Å²) in [5.41, 5.74) is 0. The molecule has 416 valence electrons. The fraction of sp³-hybridized carbons (Fsp3) is 0.953. The van der Waals surface area contributed by atoms with E-state index in [-0.39, 0.29) is 31.1 Å². The van der Waals surface area contributed by atoms with Crippen LogP contribution in [0.4, 0.5) is 0 Å². The second kappa shape index (κ2) is 56.7. The molecule has 0 unspecified atom stereocenters. The molecule has 0 fully saturated rings. The molecule has 6 heteroatoms. The summed E-state index contributed by atoms with van der Waals surface area (Å²) in [6.45, 7) is 11.5. The number of ether oxygens (including phenoxy) is 3. The molecule has 0 bridgehead atoms. The normalized spacial score (nSPS) is 12.0. The maximum Gasteiger partial charge on any atom is 0.306 e. The zero-order chi connectivity index (χ0) is 51.1. The molecule has 0 aromatic heterocycles. The quantitative estimate of drug-likeness (QED) is 0.0343. The highest BCUT2D eigenvalue weighted by atomic mass is 16.6. The average Bonchev–Trinajstić information content (AvgIpc) is 3.33. The molecule has 0 saturated carbocycles. The monoisotopic (exact) mass is 989 g/mol. The van der Waals surface area contributed by atoms with E-state index in [1.165, 1.54) is 250 Å². The molecule has 0 aromatic carbocycles. The van der Waals surface area contributed by atoms with Gasteiger partial charge in [-0.3, -0.25) is 14.4 Å². The summed E-state index contributed by atoms with van der Waals surface area (Å²) < 4.78 is 16.9. The molecule has 0 saturated heterocycles. The summed E-state index contributed by atoms with van der Waals surface area (Å²) in [5, 5.41) is 0. The highest BCUT2D eigenvalue weighted by molar-refractivity contribution is 5.71.